The van der Waals surface area contributed by atoms with E-state index in [1.807, 2.05) is 26.0 Å². The predicted octanol–water partition coefficient (Wildman–Crippen LogP) is 4.41. The van der Waals surface area contributed by atoms with Crippen molar-refractivity contribution in [2.24, 2.45) is 5.92 Å². The van der Waals surface area contributed by atoms with Crippen molar-refractivity contribution in [2.75, 3.05) is 11.1 Å². The van der Waals surface area contributed by atoms with Gasteiger partial charge in [-0.05, 0) is 73.2 Å². The van der Waals surface area contributed by atoms with Gasteiger partial charge in [0.2, 0.25) is 0 Å². The molecule has 0 spiro atoms. The van der Waals surface area contributed by atoms with Gasteiger partial charge in [0.05, 0.1) is 5.75 Å². The van der Waals surface area contributed by atoms with E-state index in [2.05, 4.69) is 25.9 Å². The normalized spacial score (nSPS) is 14.9. The number of anilines is 2. The molecule has 3 aromatic rings. The van der Waals surface area contributed by atoms with Crippen LogP contribution in [-0.2, 0) is 9.84 Å². The Morgan fingerprint density at radius 3 is 2.50 bits per heavy atom. The van der Waals surface area contributed by atoms with E-state index in [0.717, 1.165) is 48.9 Å². The highest BCUT2D eigenvalue weighted by atomic mass is 32.2. The molecule has 1 aliphatic carbocycles. The molecule has 1 saturated carbocycles. The topological polar surface area (TPSA) is 130 Å². The van der Waals surface area contributed by atoms with Crippen molar-refractivity contribution in [3.63, 3.8) is 0 Å². The van der Waals surface area contributed by atoms with Crippen molar-refractivity contribution in [1.82, 2.24) is 20.6 Å². The molecule has 1 fully saturated rings. The molecule has 1 heterocycles. The number of phenols is 1. The first-order valence-corrected chi connectivity index (χ1v) is 12.3. The van der Waals surface area contributed by atoms with Crippen molar-refractivity contribution in [1.29, 1.82) is 0 Å². The number of benzene rings is 2. The summed E-state index contributed by atoms with van der Waals surface area (Å²) >= 11 is 0. The number of sulfone groups is 1. The molecule has 0 unspecified atom stereocenters. The number of rotatable bonds is 7. The van der Waals surface area contributed by atoms with Gasteiger partial charge in [-0.25, -0.2) is 8.42 Å². The molecule has 170 valence electrons. The van der Waals surface area contributed by atoms with Gasteiger partial charge in [0.25, 0.3) is 5.95 Å². The molecule has 0 atom stereocenters. The van der Waals surface area contributed by atoms with Crippen LogP contribution in [0.15, 0.2) is 35.2 Å². The molecule has 32 heavy (non-hydrogen) atoms. The minimum Gasteiger partial charge on any atom is -0.507 e. The average Bonchev–Trinajstić information content (AvgIpc) is 3.25. The van der Waals surface area contributed by atoms with Gasteiger partial charge >= 0.3 is 0 Å². The quantitative estimate of drug-likeness (QED) is 0.475. The second-order valence-electron chi connectivity index (χ2n) is 8.32. The third-order valence-electron chi connectivity index (χ3n) is 5.73. The Labute approximate surface area is 187 Å². The summed E-state index contributed by atoms with van der Waals surface area (Å²) < 4.78 is 32.1. The van der Waals surface area contributed by atoms with Crippen LogP contribution in [0.1, 0.15) is 43.2 Å². The molecule has 1 aromatic heterocycles. The zero-order valence-electron chi connectivity index (χ0n) is 18.1. The van der Waals surface area contributed by atoms with E-state index >= 15 is 0 Å². The summed E-state index contributed by atoms with van der Waals surface area (Å²) in [4.78, 5) is -0.0775. The maximum atomic E-state index is 13.0. The van der Waals surface area contributed by atoms with Crippen LogP contribution in [-0.4, -0.2) is 39.9 Å². The maximum absolute atomic E-state index is 13.0. The number of nitrogens with one attached hydrogen (secondary N) is 2. The van der Waals surface area contributed by atoms with E-state index in [-0.39, 0.29) is 22.3 Å². The largest absolute Gasteiger partial charge is 0.507 e. The van der Waals surface area contributed by atoms with Gasteiger partial charge in [-0.1, -0.05) is 24.4 Å². The van der Waals surface area contributed by atoms with Gasteiger partial charge in [-0.15, -0.1) is 5.10 Å². The Kier molecular flexibility index (Phi) is 6.31. The smallest absolute Gasteiger partial charge is 0.267 e. The molecule has 1 aliphatic rings. The molecule has 0 amide bonds. The van der Waals surface area contributed by atoms with Gasteiger partial charge in [-0.2, -0.15) is 5.21 Å². The number of aromatic hydroxyl groups is 1. The first kappa shape index (κ1) is 22.1. The van der Waals surface area contributed by atoms with Crippen LogP contribution in [0.25, 0.3) is 0 Å². The molecule has 0 aliphatic heterocycles. The lowest BCUT2D eigenvalue weighted by Gasteiger charge is -2.21. The molecule has 4 rings (SSSR count). The zero-order chi connectivity index (χ0) is 22.7. The van der Waals surface area contributed by atoms with Crippen LogP contribution >= 0.6 is 0 Å². The van der Waals surface area contributed by atoms with Gasteiger partial charge in [0.1, 0.15) is 22.1 Å². The van der Waals surface area contributed by atoms with Crippen molar-refractivity contribution in [3.05, 3.63) is 41.5 Å². The number of hydrogen-bond acceptors (Lipinski definition) is 8. The van der Waals surface area contributed by atoms with Crippen LogP contribution in [0.4, 0.5) is 11.6 Å². The monoisotopic (exact) mass is 457 g/mol. The molecule has 0 radical (unpaired) electrons. The Morgan fingerprint density at radius 1 is 1.12 bits per heavy atom. The number of ether oxygens (including phenoxy) is 1. The second kappa shape index (κ2) is 9.15. The number of aromatic amines is 1. The van der Waals surface area contributed by atoms with E-state index in [1.54, 1.807) is 6.07 Å². The fourth-order valence-corrected chi connectivity index (χ4v) is 6.02. The third kappa shape index (κ3) is 5.01. The molecular weight excluding hydrogens is 430 g/mol. The number of aryl methyl sites for hydroxylation is 2. The first-order valence-electron chi connectivity index (χ1n) is 10.7. The molecule has 9 nitrogen and oxygen atoms in total. The van der Waals surface area contributed by atoms with Crippen LogP contribution in [0.5, 0.6) is 17.2 Å². The Morgan fingerprint density at radius 2 is 1.84 bits per heavy atom. The van der Waals surface area contributed by atoms with Crippen LogP contribution in [0.2, 0.25) is 0 Å². The summed E-state index contributed by atoms with van der Waals surface area (Å²) in [5.74, 6) is 1.27. The first-order chi connectivity index (χ1) is 15.3. The minimum absolute atomic E-state index is 0.0541. The van der Waals surface area contributed by atoms with Gasteiger partial charge < -0.3 is 15.2 Å². The standard InChI is InChI=1S/C22H27N5O4S/c1-14-10-17(23-22-24-26-27-25-22)11-15(2)21(14)31-18-8-9-19(28)20(12-18)32(29,30)13-16-6-4-3-5-7-16/h8-12,16,28H,3-7,13H2,1-2H3,(H2,23,24,25,26,27). The summed E-state index contributed by atoms with van der Waals surface area (Å²) in [5, 5.41) is 27.0. The Hall–Kier alpha value is -3.14. The lowest BCUT2D eigenvalue weighted by molar-refractivity contribution is 0.384. The molecule has 0 bridgehead atoms. The van der Waals surface area contributed by atoms with Gasteiger partial charge in [0.15, 0.2) is 9.84 Å². The minimum atomic E-state index is -3.62. The van der Waals surface area contributed by atoms with E-state index in [1.165, 1.54) is 12.1 Å². The van der Waals surface area contributed by atoms with Crippen molar-refractivity contribution >= 4 is 21.5 Å². The summed E-state index contributed by atoms with van der Waals surface area (Å²) in [6.07, 6.45) is 5.11. The van der Waals surface area contributed by atoms with E-state index in [9.17, 15) is 13.5 Å². The van der Waals surface area contributed by atoms with E-state index in [0.29, 0.717) is 17.4 Å². The van der Waals surface area contributed by atoms with Crippen LogP contribution in [0, 0.1) is 19.8 Å². The number of tetrazole rings is 1. The highest BCUT2D eigenvalue weighted by molar-refractivity contribution is 7.91. The number of aromatic nitrogens is 4. The summed E-state index contributed by atoms with van der Waals surface area (Å²) in [7, 11) is -3.62. The molecule has 10 heteroatoms. The predicted molar refractivity (Wildman–Crippen MR) is 120 cm³/mol. The third-order valence-corrected chi connectivity index (χ3v) is 7.64. The lowest BCUT2D eigenvalue weighted by atomic mass is 9.91. The number of hydrogen-bond donors (Lipinski definition) is 3. The van der Waals surface area contributed by atoms with Crippen LogP contribution < -0.4 is 10.1 Å². The second-order valence-corrected chi connectivity index (χ2v) is 10.3. The number of phenolic OH excluding ortho intramolecular Hbond substituents is 1. The average molecular weight is 458 g/mol. The van der Waals surface area contributed by atoms with E-state index < -0.39 is 9.84 Å². The number of nitrogens with zero attached hydrogens (tertiary/aromatic N) is 3. The Balaban J connectivity index is 1.56. The molecule has 3 N–H and O–H groups in total. The van der Waals surface area contributed by atoms with Crippen molar-refractivity contribution in [2.45, 2.75) is 50.8 Å². The van der Waals surface area contributed by atoms with Gasteiger partial charge in [-0.3, -0.25) is 0 Å². The van der Waals surface area contributed by atoms with E-state index in [4.69, 9.17) is 4.74 Å². The number of H-pyrrole nitrogens is 1. The summed E-state index contributed by atoms with van der Waals surface area (Å²) in [6, 6.07) is 8.11. The van der Waals surface area contributed by atoms with Crippen molar-refractivity contribution < 1.29 is 18.3 Å². The fraction of sp³-hybridized carbons (Fsp3) is 0.409. The van der Waals surface area contributed by atoms with Crippen molar-refractivity contribution in [3.8, 4) is 17.2 Å². The highest BCUT2D eigenvalue weighted by Crippen LogP contribution is 2.36. The lowest BCUT2D eigenvalue weighted by Crippen LogP contribution is -2.19. The molecule has 0 saturated heterocycles. The fourth-order valence-electron chi connectivity index (χ4n) is 4.21. The zero-order valence-corrected chi connectivity index (χ0v) is 18.9. The van der Waals surface area contributed by atoms with Gasteiger partial charge in [0, 0.05) is 11.8 Å². The maximum Gasteiger partial charge on any atom is 0.267 e. The summed E-state index contributed by atoms with van der Waals surface area (Å²) in [5.41, 5.74) is 2.46. The molecule has 2 aromatic carbocycles. The summed E-state index contributed by atoms with van der Waals surface area (Å²) in [6.45, 7) is 3.79. The Bertz CT molecular complexity index is 1170. The van der Waals surface area contributed by atoms with Crippen LogP contribution in [0.3, 0.4) is 0 Å². The highest BCUT2D eigenvalue weighted by Gasteiger charge is 2.26. The SMILES string of the molecule is Cc1cc(Nc2nn[nH]n2)cc(C)c1Oc1ccc(O)c(S(=O)(=O)CC2CCCCC2)c1. The molecular formula is C22H27N5O4S.